The molecule has 0 amide bonds. The molecule has 0 spiro atoms. The Labute approximate surface area is 117 Å². The second kappa shape index (κ2) is 6.06. The van der Waals surface area contributed by atoms with E-state index in [4.69, 9.17) is 5.84 Å². The van der Waals surface area contributed by atoms with Crippen LogP contribution in [-0.4, -0.2) is 0 Å². The zero-order chi connectivity index (χ0) is 13.9. The molecule has 1 aromatic carbocycles. The zero-order valence-corrected chi connectivity index (χ0v) is 12.6. The quantitative estimate of drug-likeness (QED) is 0.621. The lowest BCUT2D eigenvalue weighted by Gasteiger charge is -2.34. The Morgan fingerprint density at radius 1 is 1.26 bits per heavy atom. The number of hydrogen-bond donors (Lipinski definition) is 2. The molecule has 1 aromatic rings. The van der Waals surface area contributed by atoms with E-state index in [9.17, 15) is 0 Å². The van der Waals surface area contributed by atoms with Gasteiger partial charge in [-0.3, -0.25) is 11.3 Å². The summed E-state index contributed by atoms with van der Waals surface area (Å²) in [5.74, 6) is 6.57. The van der Waals surface area contributed by atoms with Crippen molar-refractivity contribution in [3.63, 3.8) is 0 Å². The molecule has 2 heteroatoms. The van der Waals surface area contributed by atoms with Gasteiger partial charge in [-0.15, -0.1) is 0 Å². The van der Waals surface area contributed by atoms with E-state index in [1.165, 1.54) is 36.8 Å². The van der Waals surface area contributed by atoms with Crippen molar-refractivity contribution >= 4 is 0 Å². The predicted molar refractivity (Wildman–Crippen MR) is 81.6 cm³/mol. The zero-order valence-electron chi connectivity index (χ0n) is 12.6. The van der Waals surface area contributed by atoms with Gasteiger partial charge in [0.2, 0.25) is 0 Å². The molecule has 0 saturated heterocycles. The summed E-state index contributed by atoms with van der Waals surface area (Å²) < 4.78 is 0. The Hall–Kier alpha value is -0.860. The predicted octanol–water partition coefficient (Wildman–Crippen LogP) is 3.97. The van der Waals surface area contributed by atoms with E-state index < -0.39 is 0 Å². The van der Waals surface area contributed by atoms with Gasteiger partial charge in [0.1, 0.15) is 0 Å². The number of benzene rings is 1. The largest absolute Gasteiger partial charge is 0.271 e. The van der Waals surface area contributed by atoms with E-state index >= 15 is 0 Å². The first kappa shape index (κ1) is 14.5. The van der Waals surface area contributed by atoms with Crippen molar-refractivity contribution in [2.75, 3.05) is 0 Å². The molecule has 1 atom stereocenters. The summed E-state index contributed by atoms with van der Waals surface area (Å²) in [5, 5.41) is 0. The van der Waals surface area contributed by atoms with E-state index in [-0.39, 0.29) is 6.04 Å². The fourth-order valence-electron chi connectivity index (χ4n) is 3.54. The van der Waals surface area contributed by atoms with E-state index in [1.54, 1.807) is 0 Å². The van der Waals surface area contributed by atoms with Crippen molar-refractivity contribution < 1.29 is 0 Å². The van der Waals surface area contributed by atoms with Crippen LogP contribution >= 0.6 is 0 Å². The van der Waals surface area contributed by atoms with E-state index in [1.807, 2.05) is 0 Å². The van der Waals surface area contributed by atoms with E-state index in [2.05, 4.69) is 50.5 Å². The highest BCUT2D eigenvalue weighted by Gasteiger charge is 2.37. The summed E-state index contributed by atoms with van der Waals surface area (Å²) in [6.07, 6.45) is 6.36. The van der Waals surface area contributed by atoms with E-state index in [0.29, 0.717) is 11.3 Å². The maximum Gasteiger partial charge on any atom is 0.0513 e. The van der Waals surface area contributed by atoms with Gasteiger partial charge >= 0.3 is 0 Å². The van der Waals surface area contributed by atoms with Crippen molar-refractivity contribution in [1.82, 2.24) is 5.43 Å². The van der Waals surface area contributed by atoms with Gasteiger partial charge in [0.15, 0.2) is 0 Å². The topological polar surface area (TPSA) is 38.0 Å². The molecule has 1 aliphatic carbocycles. The van der Waals surface area contributed by atoms with Crippen LogP contribution in [0.25, 0.3) is 0 Å². The first-order chi connectivity index (χ1) is 9.05. The molecule has 0 radical (unpaired) electrons. The number of nitrogens with one attached hydrogen (secondary N) is 1. The minimum atomic E-state index is 0.280. The average molecular weight is 260 g/mol. The fraction of sp³-hybridized carbons (Fsp3) is 0.647. The molecule has 3 N–H and O–H groups in total. The molecule has 0 bridgehead atoms. The van der Waals surface area contributed by atoms with Gasteiger partial charge in [-0.25, -0.2) is 0 Å². The third-order valence-corrected chi connectivity index (χ3v) is 4.54. The fourth-order valence-corrected chi connectivity index (χ4v) is 3.54. The first-order valence-corrected chi connectivity index (χ1v) is 7.60. The molecule has 19 heavy (non-hydrogen) atoms. The molecular formula is C17H28N2. The van der Waals surface area contributed by atoms with Crippen LogP contribution in [0.2, 0.25) is 0 Å². The van der Waals surface area contributed by atoms with Crippen molar-refractivity contribution in [2.45, 2.75) is 58.9 Å². The van der Waals surface area contributed by atoms with Crippen LogP contribution in [0.15, 0.2) is 24.3 Å². The Kier molecular flexibility index (Phi) is 4.64. The van der Waals surface area contributed by atoms with Crippen molar-refractivity contribution in [3.8, 4) is 0 Å². The first-order valence-electron chi connectivity index (χ1n) is 7.60. The van der Waals surface area contributed by atoms with Crippen LogP contribution in [0.5, 0.6) is 0 Å². The third-order valence-electron chi connectivity index (χ3n) is 4.54. The SMILES string of the molecule is CC(C)Cc1cccc(C(NN)C2(C)CCCC2)c1. The summed E-state index contributed by atoms with van der Waals surface area (Å²) >= 11 is 0. The number of hydrogen-bond acceptors (Lipinski definition) is 2. The lowest BCUT2D eigenvalue weighted by atomic mass is 9.77. The summed E-state index contributed by atoms with van der Waals surface area (Å²) in [5.41, 5.74) is 6.17. The molecule has 1 aliphatic rings. The minimum absolute atomic E-state index is 0.280. The van der Waals surface area contributed by atoms with Gasteiger partial charge in [0, 0.05) is 0 Å². The number of rotatable bonds is 5. The molecule has 1 saturated carbocycles. The molecule has 0 heterocycles. The van der Waals surface area contributed by atoms with Crippen LogP contribution in [0.3, 0.4) is 0 Å². The summed E-state index contributed by atoms with van der Waals surface area (Å²) in [6, 6.07) is 9.25. The number of nitrogens with two attached hydrogens (primary N) is 1. The highest BCUT2D eigenvalue weighted by Crippen LogP contribution is 2.46. The summed E-state index contributed by atoms with van der Waals surface area (Å²) in [7, 11) is 0. The molecule has 2 nitrogen and oxygen atoms in total. The van der Waals surface area contributed by atoms with Crippen LogP contribution in [-0.2, 0) is 6.42 Å². The van der Waals surface area contributed by atoms with Crippen LogP contribution in [0.4, 0.5) is 0 Å². The van der Waals surface area contributed by atoms with Crippen LogP contribution in [0.1, 0.15) is 63.6 Å². The van der Waals surface area contributed by atoms with Gasteiger partial charge < -0.3 is 0 Å². The smallest absolute Gasteiger partial charge is 0.0513 e. The lowest BCUT2D eigenvalue weighted by Crippen LogP contribution is -2.38. The second-order valence-corrected chi connectivity index (χ2v) is 6.80. The van der Waals surface area contributed by atoms with Crippen molar-refractivity contribution in [2.24, 2.45) is 17.2 Å². The molecule has 1 fully saturated rings. The van der Waals surface area contributed by atoms with Crippen molar-refractivity contribution in [1.29, 1.82) is 0 Å². The second-order valence-electron chi connectivity index (χ2n) is 6.80. The Balaban J connectivity index is 2.23. The molecule has 1 unspecified atom stereocenters. The summed E-state index contributed by atoms with van der Waals surface area (Å²) in [6.45, 7) is 6.91. The molecule has 106 valence electrons. The maximum absolute atomic E-state index is 5.87. The highest BCUT2D eigenvalue weighted by molar-refractivity contribution is 5.28. The maximum atomic E-state index is 5.87. The van der Waals surface area contributed by atoms with Crippen molar-refractivity contribution in [3.05, 3.63) is 35.4 Å². The van der Waals surface area contributed by atoms with E-state index in [0.717, 1.165) is 6.42 Å². The van der Waals surface area contributed by atoms with Gasteiger partial charge in [0.25, 0.3) is 0 Å². The number of hydrazine groups is 1. The Morgan fingerprint density at radius 3 is 2.53 bits per heavy atom. The minimum Gasteiger partial charge on any atom is -0.271 e. The Bertz CT molecular complexity index is 405. The normalized spacial score (nSPS) is 19.8. The molecule has 0 aliphatic heterocycles. The third kappa shape index (κ3) is 3.37. The van der Waals surface area contributed by atoms with Gasteiger partial charge in [-0.05, 0) is 41.7 Å². The average Bonchev–Trinajstić information content (AvgIpc) is 2.77. The monoisotopic (exact) mass is 260 g/mol. The Morgan fingerprint density at radius 2 is 1.95 bits per heavy atom. The van der Waals surface area contributed by atoms with Crippen LogP contribution in [0, 0.1) is 11.3 Å². The molecular weight excluding hydrogens is 232 g/mol. The standard InChI is InChI=1S/C17H28N2/c1-13(2)11-14-7-6-8-15(12-14)16(19-18)17(3)9-4-5-10-17/h6-8,12-13,16,19H,4-5,9-11,18H2,1-3H3. The van der Waals surface area contributed by atoms with Crippen LogP contribution < -0.4 is 11.3 Å². The van der Waals surface area contributed by atoms with Gasteiger partial charge in [-0.2, -0.15) is 0 Å². The summed E-state index contributed by atoms with van der Waals surface area (Å²) in [4.78, 5) is 0. The lowest BCUT2D eigenvalue weighted by molar-refractivity contribution is 0.225. The molecule has 0 aromatic heterocycles. The highest BCUT2D eigenvalue weighted by atomic mass is 15.2. The van der Waals surface area contributed by atoms with Gasteiger partial charge in [0.05, 0.1) is 6.04 Å². The van der Waals surface area contributed by atoms with Gasteiger partial charge in [-0.1, -0.05) is 57.9 Å². The molecule has 2 rings (SSSR count).